The number of fused-ring (bicyclic) bond motifs is 1. The summed E-state index contributed by atoms with van der Waals surface area (Å²) in [5.74, 6) is 1.51. The van der Waals surface area contributed by atoms with Crippen LogP contribution in [0.4, 0.5) is 11.8 Å². The molecule has 0 fully saturated rings. The molecular weight excluding hydrogens is 260 g/mol. The van der Waals surface area contributed by atoms with Crippen LogP contribution in [0.25, 0.3) is 10.2 Å². The van der Waals surface area contributed by atoms with E-state index in [1.165, 1.54) is 4.88 Å². The lowest BCUT2D eigenvalue weighted by atomic mass is 10.2. The van der Waals surface area contributed by atoms with Gasteiger partial charge in [0.2, 0.25) is 5.95 Å². The zero-order chi connectivity index (χ0) is 14.0. The number of rotatable bonds is 5. The molecule has 0 atom stereocenters. The highest BCUT2D eigenvalue weighted by Crippen LogP contribution is 2.32. The molecule has 0 saturated heterocycles. The number of nitrogens with zero attached hydrogens (tertiary/aromatic N) is 3. The number of aliphatic hydroxyl groups excluding tert-OH is 1. The quantitative estimate of drug-likeness (QED) is 0.879. The maximum atomic E-state index is 9.25. The minimum absolute atomic E-state index is 0.113. The summed E-state index contributed by atoms with van der Waals surface area (Å²) in [5.41, 5.74) is 0. The van der Waals surface area contributed by atoms with Gasteiger partial charge in [0.15, 0.2) is 0 Å². The van der Waals surface area contributed by atoms with Crippen molar-refractivity contribution >= 4 is 33.3 Å². The first-order chi connectivity index (χ1) is 9.06. The van der Waals surface area contributed by atoms with Crippen LogP contribution >= 0.6 is 11.3 Å². The monoisotopic (exact) mass is 280 g/mol. The number of hydrogen-bond acceptors (Lipinski definition) is 6. The van der Waals surface area contributed by atoms with E-state index in [2.05, 4.69) is 47.0 Å². The van der Waals surface area contributed by atoms with E-state index in [1.54, 1.807) is 11.3 Å². The largest absolute Gasteiger partial charge is 0.395 e. The van der Waals surface area contributed by atoms with Crippen molar-refractivity contribution in [3.8, 4) is 0 Å². The van der Waals surface area contributed by atoms with Gasteiger partial charge in [0.05, 0.1) is 12.0 Å². The summed E-state index contributed by atoms with van der Waals surface area (Å²) in [4.78, 5) is 13.4. The fourth-order valence-electron chi connectivity index (χ4n) is 2.07. The van der Waals surface area contributed by atoms with E-state index in [0.717, 1.165) is 16.0 Å². The van der Waals surface area contributed by atoms with Crippen LogP contribution in [0, 0.1) is 6.92 Å². The first-order valence-electron chi connectivity index (χ1n) is 6.40. The SMILES string of the molecule is CNc1nc(N(CCO)C(C)C)c2cc(C)sc2n1. The van der Waals surface area contributed by atoms with Gasteiger partial charge >= 0.3 is 0 Å². The number of nitrogens with one attached hydrogen (secondary N) is 1. The molecule has 0 bridgehead atoms. The van der Waals surface area contributed by atoms with Crippen molar-refractivity contribution in [2.75, 3.05) is 30.4 Å². The van der Waals surface area contributed by atoms with Crippen LogP contribution in [-0.2, 0) is 0 Å². The van der Waals surface area contributed by atoms with Crippen LogP contribution in [-0.4, -0.2) is 41.3 Å². The van der Waals surface area contributed by atoms with Gasteiger partial charge in [0.1, 0.15) is 10.6 Å². The van der Waals surface area contributed by atoms with Gasteiger partial charge in [0, 0.05) is 24.5 Å². The molecule has 0 aliphatic heterocycles. The van der Waals surface area contributed by atoms with Crippen LogP contribution in [0.2, 0.25) is 0 Å². The Morgan fingerprint density at radius 2 is 2.16 bits per heavy atom. The molecule has 0 amide bonds. The highest BCUT2D eigenvalue weighted by molar-refractivity contribution is 7.18. The molecule has 0 radical (unpaired) electrons. The van der Waals surface area contributed by atoms with E-state index in [0.29, 0.717) is 12.5 Å². The molecule has 0 aliphatic rings. The zero-order valence-corrected chi connectivity index (χ0v) is 12.6. The average molecular weight is 280 g/mol. The third kappa shape index (κ3) is 2.79. The Balaban J connectivity index is 2.61. The van der Waals surface area contributed by atoms with Gasteiger partial charge in [-0.05, 0) is 26.8 Å². The van der Waals surface area contributed by atoms with E-state index in [9.17, 15) is 5.11 Å². The van der Waals surface area contributed by atoms with Crippen molar-refractivity contribution in [1.29, 1.82) is 0 Å². The topological polar surface area (TPSA) is 61.3 Å². The van der Waals surface area contributed by atoms with Crippen LogP contribution in [0.15, 0.2) is 6.07 Å². The van der Waals surface area contributed by atoms with Crippen molar-refractivity contribution < 1.29 is 5.11 Å². The van der Waals surface area contributed by atoms with Crippen molar-refractivity contribution in [2.24, 2.45) is 0 Å². The van der Waals surface area contributed by atoms with Gasteiger partial charge < -0.3 is 15.3 Å². The third-order valence-corrected chi connectivity index (χ3v) is 3.90. The molecule has 2 aromatic heterocycles. The molecule has 104 valence electrons. The van der Waals surface area contributed by atoms with E-state index in [1.807, 2.05) is 7.05 Å². The fraction of sp³-hybridized carbons (Fsp3) is 0.538. The first kappa shape index (κ1) is 14.0. The summed E-state index contributed by atoms with van der Waals surface area (Å²) in [6.45, 7) is 6.95. The van der Waals surface area contributed by atoms with Gasteiger partial charge in [-0.15, -0.1) is 11.3 Å². The average Bonchev–Trinajstić information content (AvgIpc) is 2.74. The molecule has 0 saturated carbocycles. The third-order valence-electron chi connectivity index (χ3n) is 2.96. The van der Waals surface area contributed by atoms with Crippen molar-refractivity contribution in [2.45, 2.75) is 26.8 Å². The second-order valence-electron chi connectivity index (χ2n) is 4.71. The summed E-state index contributed by atoms with van der Waals surface area (Å²) in [5, 5.41) is 13.3. The predicted octanol–water partition coefficient (Wildman–Crippen LogP) is 2.25. The highest BCUT2D eigenvalue weighted by atomic mass is 32.1. The number of aromatic nitrogens is 2. The number of hydrogen-bond donors (Lipinski definition) is 2. The number of anilines is 2. The normalized spacial score (nSPS) is 11.3. The Bertz CT molecular complexity index is 567. The van der Waals surface area contributed by atoms with Crippen molar-refractivity contribution in [3.05, 3.63) is 10.9 Å². The Morgan fingerprint density at radius 1 is 1.42 bits per heavy atom. The molecular formula is C13H20N4OS. The molecule has 2 aromatic rings. The second kappa shape index (κ2) is 5.71. The van der Waals surface area contributed by atoms with Gasteiger partial charge in [-0.3, -0.25) is 0 Å². The molecule has 0 aliphatic carbocycles. The summed E-state index contributed by atoms with van der Waals surface area (Å²) in [7, 11) is 1.82. The molecule has 0 unspecified atom stereocenters. The Hall–Kier alpha value is -1.40. The lowest BCUT2D eigenvalue weighted by Crippen LogP contribution is -2.34. The number of thiophene rings is 1. The molecule has 5 nitrogen and oxygen atoms in total. The Kier molecular flexibility index (Phi) is 4.21. The molecule has 2 N–H and O–H groups in total. The summed E-state index contributed by atoms with van der Waals surface area (Å²) >= 11 is 1.66. The summed E-state index contributed by atoms with van der Waals surface area (Å²) < 4.78 is 0. The van der Waals surface area contributed by atoms with Crippen LogP contribution < -0.4 is 10.2 Å². The number of aliphatic hydroxyl groups is 1. The molecule has 6 heteroatoms. The summed E-state index contributed by atoms with van der Waals surface area (Å²) in [6.07, 6.45) is 0. The van der Waals surface area contributed by atoms with E-state index < -0.39 is 0 Å². The maximum absolute atomic E-state index is 9.25. The second-order valence-corrected chi connectivity index (χ2v) is 5.94. The van der Waals surface area contributed by atoms with E-state index >= 15 is 0 Å². The molecule has 0 aromatic carbocycles. The fourth-order valence-corrected chi connectivity index (χ4v) is 2.95. The molecule has 19 heavy (non-hydrogen) atoms. The Labute approximate surface area is 117 Å². The smallest absolute Gasteiger partial charge is 0.225 e. The molecule has 2 rings (SSSR count). The summed E-state index contributed by atoms with van der Waals surface area (Å²) in [6, 6.07) is 2.39. The number of aryl methyl sites for hydroxylation is 1. The molecule has 0 spiro atoms. The first-order valence-corrected chi connectivity index (χ1v) is 7.22. The van der Waals surface area contributed by atoms with E-state index in [-0.39, 0.29) is 12.6 Å². The van der Waals surface area contributed by atoms with E-state index in [4.69, 9.17) is 0 Å². The maximum Gasteiger partial charge on any atom is 0.225 e. The zero-order valence-electron chi connectivity index (χ0n) is 11.8. The van der Waals surface area contributed by atoms with Crippen molar-refractivity contribution in [1.82, 2.24) is 9.97 Å². The lowest BCUT2D eigenvalue weighted by Gasteiger charge is -2.27. The minimum atomic E-state index is 0.113. The van der Waals surface area contributed by atoms with Crippen LogP contribution in [0.1, 0.15) is 18.7 Å². The molecule has 2 heterocycles. The minimum Gasteiger partial charge on any atom is -0.395 e. The standard InChI is InChI=1S/C13H20N4OS/c1-8(2)17(5-6-18)11-10-7-9(3)19-12(10)16-13(14-4)15-11/h7-8,18H,5-6H2,1-4H3,(H,14,15,16). The van der Waals surface area contributed by atoms with Gasteiger partial charge in [-0.25, -0.2) is 4.98 Å². The van der Waals surface area contributed by atoms with Gasteiger partial charge in [-0.2, -0.15) is 4.98 Å². The predicted molar refractivity (Wildman–Crippen MR) is 81.3 cm³/mol. The van der Waals surface area contributed by atoms with Gasteiger partial charge in [0.25, 0.3) is 0 Å². The van der Waals surface area contributed by atoms with Crippen LogP contribution in [0.5, 0.6) is 0 Å². The highest BCUT2D eigenvalue weighted by Gasteiger charge is 2.18. The van der Waals surface area contributed by atoms with Gasteiger partial charge in [-0.1, -0.05) is 0 Å². The van der Waals surface area contributed by atoms with Crippen molar-refractivity contribution in [3.63, 3.8) is 0 Å². The Morgan fingerprint density at radius 3 is 2.74 bits per heavy atom. The lowest BCUT2D eigenvalue weighted by molar-refractivity contribution is 0.299. The van der Waals surface area contributed by atoms with Crippen LogP contribution in [0.3, 0.4) is 0 Å².